The van der Waals surface area contributed by atoms with Crippen molar-refractivity contribution in [3.05, 3.63) is 12.2 Å². The Hall–Kier alpha value is -1.25. The van der Waals surface area contributed by atoms with Gasteiger partial charge in [0, 0.05) is 12.8 Å². The maximum absolute atomic E-state index is 12.7. The Kier molecular flexibility index (Phi) is 42.1. The van der Waals surface area contributed by atoms with Crippen LogP contribution < -0.4 is 4.89 Å². The van der Waals surface area contributed by atoms with Gasteiger partial charge in [0.15, 0.2) is 6.10 Å². The second-order valence-corrected chi connectivity index (χ2v) is 20.0. The summed E-state index contributed by atoms with van der Waals surface area (Å²) in [7, 11) is 1.17. The molecule has 0 rings (SSSR count). The first-order chi connectivity index (χ1) is 29.0. The van der Waals surface area contributed by atoms with Gasteiger partial charge in [0.25, 0.3) is 7.82 Å². The number of nitrogens with zero attached hydrogens (tertiary/aromatic N) is 1. The van der Waals surface area contributed by atoms with Crippen molar-refractivity contribution in [3.8, 4) is 0 Å². The minimum atomic E-state index is -4.63. The summed E-state index contributed by atoms with van der Waals surface area (Å²) in [4.78, 5) is 37.7. The number of carbonyl (C=O) groups excluding carboxylic acids is 2. The number of allylic oxidation sites excluding steroid dienone is 2. The lowest BCUT2D eigenvalue weighted by Crippen LogP contribution is -2.37. The molecule has 0 fully saturated rings. The van der Waals surface area contributed by atoms with E-state index in [1.807, 2.05) is 21.1 Å². The van der Waals surface area contributed by atoms with E-state index in [1.165, 1.54) is 161 Å². The number of phosphoric ester groups is 1. The molecule has 0 heterocycles. The van der Waals surface area contributed by atoms with E-state index in [0.717, 1.165) is 51.4 Å². The topological polar surface area (TPSA) is 111 Å². The summed E-state index contributed by atoms with van der Waals surface area (Å²) in [6.45, 7) is 4.26. The number of likely N-dealkylation sites (N-methyl/N-ethyl adjacent to an activating group) is 1. The molecule has 0 aromatic carbocycles. The van der Waals surface area contributed by atoms with Crippen LogP contribution >= 0.6 is 7.82 Å². The fraction of sp³-hybridized carbons (Fsp3) is 0.920. The third kappa shape index (κ3) is 46.3. The number of phosphoric acid groups is 1. The van der Waals surface area contributed by atoms with Crippen molar-refractivity contribution in [2.24, 2.45) is 0 Å². The minimum absolute atomic E-state index is 0.0290. The van der Waals surface area contributed by atoms with E-state index in [1.54, 1.807) is 0 Å². The Morgan fingerprint density at radius 2 is 0.850 bits per heavy atom. The van der Waals surface area contributed by atoms with E-state index in [-0.39, 0.29) is 32.0 Å². The van der Waals surface area contributed by atoms with Gasteiger partial charge in [-0.05, 0) is 38.5 Å². The molecule has 60 heavy (non-hydrogen) atoms. The highest BCUT2D eigenvalue weighted by Crippen LogP contribution is 2.38. The number of unbranched alkanes of at least 4 members (excludes halogenated alkanes) is 31. The molecule has 0 saturated carbocycles. The van der Waals surface area contributed by atoms with Crippen LogP contribution in [0.1, 0.15) is 245 Å². The predicted octanol–water partition coefficient (Wildman–Crippen LogP) is 14.3. The smallest absolute Gasteiger partial charge is 0.306 e. The normalized spacial score (nSPS) is 13.5. The molecule has 356 valence electrons. The van der Waals surface area contributed by atoms with Crippen molar-refractivity contribution >= 4 is 19.8 Å². The summed E-state index contributed by atoms with van der Waals surface area (Å²) in [6, 6.07) is 0. The third-order valence-electron chi connectivity index (χ3n) is 11.3. The highest BCUT2D eigenvalue weighted by molar-refractivity contribution is 7.45. The number of carbonyl (C=O) groups is 2. The summed E-state index contributed by atoms with van der Waals surface area (Å²) in [6.07, 6.45) is 46.7. The molecule has 0 aromatic heterocycles. The van der Waals surface area contributed by atoms with E-state index in [4.69, 9.17) is 18.5 Å². The van der Waals surface area contributed by atoms with E-state index < -0.39 is 26.5 Å². The molecule has 0 N–H and O–H groups in total. The maximum atomic E-state index is 12.7. The SMILES string of the molecule is CCCCCCCCC/C=C\CCCCCCCC(=O)OC(COC(=O)CCCCCCCCCCCCCCCCCCCCCC)COP(=O)([O-])OCC[N+](C)(C)C. The van der Waals surface area contributed by atoms with Gasteiger partial charge in [-0.25, -0.2) is 0 Å². The first kappa shape index (κ1) is 58.8. The summed E-state index contributed by atoms with van der Waals surface area (Å²) < 4.78 is 34.0. The van der Waals surface area contributed by atoms with Crippen LogP contribution in [-0.4, -0.2) is 70.0 Å². The molecular formula is C50H98NO8P. The van der Waals surface area contributed by atoms with Crippen LogP contribution in [0.4, 0.5) is 0 Å². The Balaban J connectivity index is 4.22. The number of esters is 2. The molecule has 0 aliphatic carbocycles. The lowest BCUT2D eigenvalue weighted by molar-refractivity contribution is -0.870. The van der Waals surface area contributed by atoms with Crippen LogP contribution in [0.5, 0.6) is 0 Å². The number of rotatable bonds is 47. The van der Waals surface area contributed by atoms with Crippen LogP contribution in [0.25, 0.3) is 0 Å². The van der Waals surface area contributed by atoms with Crippen LogP contribution in [0.3, 0.4) is 0 Å². The Morgan fingerprint density at radius 1 is 0.500 bits per heavy atom. The second-order valence-electron chi connectivity index (χ2n) is 18.5. The van der Waals surface area contributed by atoms with E-state index in [2.05, 4.69) is 26.0 Å². The van der Waals surface area contributed by atoms with E-state index in [9.17, 15) is 19.0 Å². The zero-order chi connectivity index (χ0) is 44.3. The first-order valence-corrected chi connectivity index (χ1v) is 26.9. The number of hydrogen-bond donors (Lipinski definition) is 0. The second kappa shape index (κ2) is 43.0. The highest BCUT2D eigenvalue weighted by Gasteiger charge is 2.21. The predicted molar refractivity (Wildman–Crippen MR) is 250 cm³/mol. The monoisotopic (exact) mass is 872 g/mol. The van der Waals surface area contributed by atoms with Crippen molar-refractivity contribution in [1.29, 1.82) is 0 Å². The molecule has 0 saturated heterocycles. The molecule has 2 atom stereocenters. The molecule has 0 bridgehead atoms. The first-order valence-electron chi connectivity index (χ1n) is 25.4. The van der Waals surface area contributed by atoms with E-state index >= 15 is 0 Å². The Labute approximate surface area is 371 Å². The molecule has 0 aliphatic heterocycles. The van der Waals surface area contributed by atoms with Gasteiger partial charge in [0.1, 0.15) is 19.8 Å². The Morgan fingerprint density at radius 3 is 1.23 bits per heavy atom. The largest absolute Gasteiger partial charge is 0.756 e. The molecule has 0 aromatic rings. The van der Waals surface area contributed by atoms with Crippen molar-refractivity contribution in [2.45, 2.75) is 251 Å². The van der Waals surface area contributed by atoms with E-state index in [0.29, 0.717) is 17.4 Å². The van der Waals surface area contributed by atoms with Gasteiger partial charge in [-0.2, -0.15) is 0 Å². The summed E-state index contributed by atoms with van der Waals surface area (Å²) in [5.41, 5.74) is 0. The fourth-order valence-electron chi connectivity index (χ4n) is 7.30. The molecule has 9 nitrogen and oxygen atoms in total. The number of hydrogen-bond acceptors (Lipinski definition) is 8. The number of ether oxygens (including phenoxy) is 2. The van der Waals surface area contributed by atoms with Crippen LogP contribution in [0, 0.1) is 0 Å². The van der Waals surface area contributed by atoms with Crippen molar-refractivity contribution in [2.75, 3.05) is 47.5 Å². The standard InChI is InChI=1S/C50H98NO8P/c1-6-8-10-12-14-16-18-20-22-24-25-26-27-29-30-32-34-36-38-40-42-49(52)56-46-48(47-58-60(54,55)57-45-44-51(3,4)5)59-50(53)43-41-39-37-35-33-31-28-23-21-19-17-15-13-11-9-7-2/h23,28,48H,6-22,24-27,29-47H2,1-5H3/b28-23-. The molecule has 10 heteroatoms. The quantitative estimate of drug-likeness (QED) is 0.0195. The van der Waals surface area contributed by atoms with Gasteiger partial charge >= 0.3 is 11.9 Å². The van der Waals surface area contributed by atoms with Crippen molar-refractivity contribution in [1.82, 2.24) is 0 Å². The Bertz CT molecular complexity index is 1030. The minimum Gasteiger partial charge on any atom is -0.756 e. The molecule has 0 aliphatic rings. The van der Waals surface area contributed by atoms with Gasteiger partial charge in [-0.15, -0.1) is 0 Å². The highest BCUT2D eigenvalue weighted by atomic mass is 31.2. The van der Waals surface area contributed by atoms with Gasteiger partial charge < -0.3 is 27.9 Å². The lowest BCUT2D eigenvalue weighted by Gasteiger charge is -2.28. The van der Waals surface area contributed by atoms with Gasteiger partial charge in [0.05, 0.1) is 27.7 Å². The average Bonchev–Trinajstić information content (AvgIpc) is 3.20. The summed E-state index contributed by atoms with van der Waals surface area (Å²) in [5, 5.41) is 0. The van der Waals surface area contributed by atoms with Gasteiger partial charge in [-0.3, -0.25) is 14.2 Å². The third-order valence-corrected chi connectivity index (χ3v) is 12.2. The van der Waals surface area contributed by atoms with Crippen molar-refractivity contribution < 1.29 is 42.1 Å². The molecule has 0 amide bonds. The van der Waals surface area contributed by atoms with Crippen molar-refractivity contribution in [3.63, 3.8) is 0 Å². The molecule has 0 radical (unpaired) electrons. The lowest BCUT2D eigenvalue weighted by atomic mass is 10.0. The van der Waals surface area contributed by atoms with Crippen LogP contribution in [-0.2, 0) is 32.7 Å². The maximum Gasteiger partial charge on any atom is 0.306 e. The van der Waals surface area contributed by atoms with Gasteiger partial charge in [-0.1, -0.05) is 206 Å². The summed E-state index contributed by atoms with van der Waals surface area (Å²) >= 11 is 0. The zero-order valence-corrected chi connectivity index (χ0v) is 41.1. The molecule has 2 unspecified atom stereocenters. The van der Waals surface area contributed by atoms with Crippen LogP contribution in [0.2, 0.25) is 0 Å². The van der Waals surface area contributed by atoms with Gasteiger partial charge in [0.2, 0.25) is 0 Å². The van der Waals surface area contributed by atoms with Crippen LogP contribution in [0.15, 0.2) is 12.2 Å². The molecular weight excluding hydrogens is 774 g/mol. The average molecular weight is 872 g/mol. The molecule has 0 spiro atoms. The number of quaternary nitrogens is 1. The zero-order valence-electron chi connectivity index (χ0n) is 40.2. The summed E-state index contributed by atoms with van der Waals surface area (Å²) in [5.74, 6) is -0.829. The fourth-order valence-corrected chi connectivity index (χ4v) is 8.03.